The number of fused-ring (bicyclic) bond motifs is 1. The number of esters is 1. The summed E-state index contributed by atoms with van der Waals surface area (Å²) in [6.45, 7) is -0.203. The van der Waals surface area contributed by atoms with Gasteiger partial charge in [0.2, 0.25) is 0 Å². The maximum absolute atomic E-state index is 12.2. The number of likely N-dealkylation sites (N-methyl/N-ethyl adjacent to an activating group) is 1. The average Bonchev–Trinajstić information content (AvgIpc) is 3.03. The van der Waals surface area contributed by atoms with Crippen LogP contribution >= 0.6 is 0 Å². The Morgan fingerprint density at radius 2 is 1.96 bits per heavy atom. The van der Waals surface area contributed by atoms with Gasteiger partial charge in [-0.3, -0.25) is 4.79 Å². The summed E-state index contributed by atoms with van der Waals surface area (Å²) in [7, 11) is 1.80. The van der Waals surface area contributed by atoms with Gasteiger partial charge in [-0.1, -0.05) is 37.5 Å². The summed E-state index contributed by atoms with van der Waals surface area (Å²) >= 11 is 0. The van der Waals surface area contributed by atoms with E-state index >= 15 is 0 Å². The highest BCUT2D eigenvalue weighted by molar-refractivity contribution is 6.04. The molecule has 5 nitrogen and oxygen atoms in total. The fraction of sp³-hybridized carbons (Fsp3) is 0.444. The molecule has 1 fully saturated rings. The van der Waals surface area contributed by atoms with E-state index in [9.17, 15) is 9.59 Å². The second kappa shape index (κ2) is 6.86. The summed E-state index contributed by atoms with van der Waals surface area (Å²) < 4.78 is 5.22. The number of nitrogens with one attached hydrogen (secondary N) is 1. The van der Waals surface area contributed by atoms with E-state index in [2.05, 4.69) is 4.98 Å². The SMILES string of the molecule is CN(C(=O)COC(=O)c1c[nH]c2ccccc12)C1CCCCC1. The quantitative estimate of drug-likeness (QED) is 0.882. The second-order valence-electron chi connectivity index (χ2n) is 6.12. The third-order valence-corrected chi connectivity index (χ3v) is 4.65. The number of carbonyl (C=O) groups excluding carboxylic acids is 2. The zero-order chi connectivity index (χ0) is 16.2. The molecule has 1 N–H and O–H groups in total. The van der Waals surface area contributed by atoms with E-state index in [1.165, 1.54) is 6.42 Å². The van der Waals surface area contributed by atoms with Crippen molar-refractivity contribution in [2.24, 2.45) is 0 Å². The van der Waals surface area contributed by atoms with Crippen LogP contribution in [-0.4, -0.2) is 41.5 Å². The number of benzene rings is 1. The molecule has 0 aliphatic heterocycles. The molecule has 2 aromatic rings. The second-order valence-corrected chi connectivity index (χ2v) is 6.12. The highest BCUT2D eigenvalue weighted by atomic mass is 16.5. The van der Waals surface area contributed by atoms with Crippen molar-refractivity contribution < 1.29 is 14.3 Å². The van der Waals surface area contributed by atoms with Gasteiger partial charge in [0.15, 0.2) is 6.61 Å². The first-order valence-electron chi connectivity index (χ1n) is 8.15. The van der Waals surface area contributed by atoms with Gasteiger partial charge in [-0.15, -0.1) is 0 Å². The molecule has 0 radical (unpaired) electrons. The van der Waals surface area contributed by atoms with Crippen molar-refractivity contribution in [3.8, 4) is 0 Å². The minimum absolute atomic E-state index is 0.134. The van der Waals surface area contributed by atoms with E-state index in [0.29, 0.717) is 5.56 Å². The molecule has 5 heteroatoms. The Kier molecular flexibility index (Phi) is 4.65. The standard InChI is InChI=1S/C18H22N2O3/c1-20(13-7-3-2-4-8-13)17(21)12-23-18(22)15-11-19-16-10-6-5-9-14(15)16/h5-6,9-11,13,19H,2-4,7-8,12H2,1H3. The number of aromatic amines is 1. The number of nitrogens with zero attached hydrogens (tertiary/aromatic N) is 1. The van der Waals surface area contributed by atoms with Crippen LogP contribution < -0.4 is 0 Å². The van der Waals surface area contributed by atoms with E-state index in [-0.39, 0.29) is 18.6 Å². The highest BCUT2D eigenvalue weighted by Gasteiger charge is 2.23. The maximum atomic E-state index is 12.2. The Morgan fingerprint density at radius 3 is 2.74 bits per heavy atom. The summed E-state index contributed by atoms with van der Waals surface area (Å²) in [5.41, 5.74) is 1.35. The van der Waals surface area contributed by atoms with Gasteiger partial charge < -0.3 is 14.6 Å². The van der Waals surface area contributed by atoms with Gasteiger partial charge in [0.25, 0.3) is 5.91 Å². The maximum Gasteiger partial charge on any atom is 0.340 e. The van der Waals surface area contributed by atoms with E-state index < -0.39 is 5.97 Å². The van der Waals surface area contributed by atoms with Gasteiger partial charge in [-0.25, -0.2) is 4.79 Å². The van der Waals surface area contributed by atoms with Gasteiger partial charge >= 0.3 is 5.97 Å². The molecule has 1 aromatic heterocycles. The number of hydrogen-bond donors (Lipinski definition) is 1. The number of H-pyrrole nitrogens is 1. The topological polar surface area (TPSA) is 62.4 Å². The monoisotopic (exact) mass is 314 g/mol. The van der Waals surface area contributed by atoms with E-state index in [1.54, 1.807) is 18.1 Å². The molecule has 1 saturated carbocycles. The predicted molar refractivity (Wildman–Crippen MR) is 88.2 cm³/mol. The zero-order valence-corrected chi connectivity index (χ0v) is 13.4. The van der Waals surface area contributed by atoms with Crippen LogP contribution in [0.25, 0.3) is 10.9 Å². The third-order valence-electron chi connectivity index (χ3n) is 4.65. The Hall–Kier alpha value is -2.30. The summed E-state index contributed by atoms with van der Waals surface area (Å²) in [6, 6.07) is 7.81. The minimum Gasteiger partial charge on any atom is -0.452 e. The number of carbonyl (C=O) groups is 2. The van der Waals surface area contributed by atoms with Crippen LogP contribution in [0, 0.1) is 0 Å². The van der Waals surface area contributed by atoms with Gasteiger partial charge in [0, 0.05) is 30.2 Å². The van der Waals surface area contributed by atoms with Gasteiger partial charge in [-0.2, -0.15) is 0 Å². The van der Waals surface area contributed by atoms with Crippen molar-refractivity contribution in [3.05, 3.63) is 36.0 Å². The molecule has 0 spiro atoms. The smallest absolute Gasteiger partial charge is 0.340 e. The summed E-state index contributed by atoms with van der Waals surface area (Å²) in [5, 5.41) is 0.811. The van der Waals surface area contributed by atoms with Gasteiger partial charge in [0.05, 0.1) is 5.56 Å². The molecule has 1 aliphatic rings. The Balaban J connectivity index is 1.59. The van der Waals surface area contributed by atoms with Gasteiger partial charge in [0.1, 0.15) is 0 Å². The average molecular weight is 314 g/mol. The molecule has 0 bridgehead atoms. The molecule has 3 rings (SSSR count). The van der Waals surface area contributed by atoms with Crippen molar-refractivity contribution in [3.63, 3.8) is 0 Å². The van der Waals surface area contributed by atoms with Crippen molar-refractivity contribution in [2.45, 2.75) is 38.1 Å². The summed E-state index contributed by atoms with van der Waals surface area (Å²) in [4.78, 5) is 29.2. The van der Waals surface area contributed by atoms with Crippen LogP contribution in [0.1, 0.15) is 42.5 Å². The molecule has 1 aliphatic carbocycles. The van der Waals surface area contributed by atoms with E-state index in [4.69, 9.17) is 4.74 Å². The lowest BCUT2D eigenvalue weighted by molar-refractivity contribution is -0.135. The zero-order valence-electron chi connectivity index (χ0n) is 13.4. The molecule has 1 aromatic carbocycles. The molecule has 1 heterocycles. The first kappa shape index (κ1) is 15.6. The Labute approximate surface area is 135 Å². The lowest BCUT2D eigenvalue weighted by Crippen LogP contribution is -2.40. The number of rotatable bonds is 4. The molecule has 0 unspecified atom stereocenters. The van der Waals surface area contributed by atoms with Crippen molar-refractivity contribution in [1.82, 2.24) is 9.88 Å². The van der Waals surface area contributed by atoms with Gasteiger partial charge in [-0.05, 0) is 18.9 Å². The van der Waals surface area contributed by atoms with Crippen LogP contribution in [0.3, 0.4) is 0 Å². The summed E-state index contributed by atoms with van der Waals surface area (Å²) in [6.07, 6.45) is 7.28. The van der Waals surface area contributed by atoms with Crippen LogP contribution in [0.5, 0.6) is 0 Å². The predicted octanol–water partition coefficient (Wildman–Crippen LogP) is 3.12. The number of ether oxygens (including phenoxy) is 1. The van der Waals surface area contributed by atoms with Crippen molar-refractivity contribution in [1.29, 1.82) is 0 Å². The molecule has 1 amide bonds. The lowest BCUT2D eigenvalue weighted by atomic mass is 9.94. The van der Waals surface area contributed by atoms with E-state index in [1.807, 2.05) is 24.3 Å². The molecule has 122 valence electrons. The lowest BCUT2D eigenvalue weighted by Gasteiger charge is -2.31. The van der Waals surface area contributed by atoms with Crippen molar-refractivity contribution in [2.75, 3.05) is 13.7 Å². The molecule has 0 atom stereocenters. The van der Waals surface area contributed by atoms with E-state index in [0.717, 1.165) is 36.6 Å². The van der Waals surface area contributed by atoms with Crippen LogP contribution in [0.15, 0.2) is 30.5 Å². The number of hydrogen-bond acceptors (Lipinski definition) is 3. The molecule has 0 saturated heterocycles. The largest absolute Gasteiger partial charge is 0.452 e. The highest BCUT2D eigenvalue weighted by Crippen LogP contribution is 2.22. The molecular weight excluding hydrogens is 292 g/mol. The first-order valence-corrected chi connectivity index (χ1v) is 8.15. The first-order chi connectivity index (χ1) is 11.2. The number of aromatic nitrogens is 1. The third kappa shape index (κ3) is 3.38. The molecule has 23 heavy (non-hydrogen) atoms. The molecular formula is C18H22N2O3. The van der Waals surface area contributed by atoms with Crippen LogP contribution in [0.4, 0.5) is 0 Å². The fourth-order valence-electron chi connectivity index (χ4n) is 3.22. The minimum atomic E-state index is -0.465. The Bertz CT molecular complexity index is 701. The van der Waals surface area contributed by atoms with Crippen LogP contribution in [-0.2, 0) is 9.53 Å². The van der Waals surface area contributed by atoms with Crippen LogP contribution in [0.2, 0.25) is 0 Å². The number of amides is 1. The number of para-hydroxylation sites is 1. The summed E-state index contributed by atoms with van der Waals surface area (Å²) in [5.74, 6) is -0.599. The Morgan fingerprint density at radius 1 is 1.22 bits per heavy atom. The fourth-order valence-corrected chi connectivity index (χ4v) is 3.22. The normalized spacial score (nSPS) is 15.5. The van der Waals surface area contributed by atoms with Crippen molar-refractivity contribution >= 4 is 22.8 Å².